The highest BCUT2D eigenvalue weighted by molar-refractivity contribution is 5.67. The van der Waals surface area contributed by atoms with Gasteiger partial charge in [0, 0.05) is 19.0 Å². The molecule has 0 amide bonds. The Bertz CT molecular complexity index is 313. The summed E-state index contributed by atoms with van der Waals surface area (Å²) in [4.78, 5) is 14.3. The Kier molecular flexibility index (Phi) is 5.50. The molecule has 1 atom stereocenters. The van der Waals surface area contributed by atoms with Crippen LogP contribution in [0, 0.1) is 0 Å². The molecule has 0 saturated heterocycles. The van der Waals surface area contributed by atoms with Crippen LogP contribution in [0.25, 0.3) is 0 Å². The first kappa shape index (κ1) is 12.6. The van der Waals surface area contributed by atoms with E-state index in [0.29, 0.717) is 6.61 Å². The fourth-order valence-electron chi connectivity index (χ4n) is 1.42. The standard InChI is InChI=1S/C12H17NO3/c1-10(9-12(14)15)16-8-2-3-11-4-6-13-7-5-11/h4-7,10H,2-3,8-9H2,1H3,(H,14,15)/t10-/m0/s1. The van der Waals surface area contributed by atoms with Crippen molar-refractivity contribution in [2.24, 2.45) is 0 Å². The molecule has 0 aromatic carbocycles. The average Bonchev–Trinajstić information content (AvgIpc) is 2.25. The van der Waals surface area contributed by atoms with Gasteiger partial charge in [-0.15, -0.1) is 0 Å². The van der Waals surface area contributed by atoms with E-state index in [-0.39, 0.29) is 12.5 Å². The van der Waals surface area contributed by atoms with Gasteiger partial charge in [0.25, 0.3) is 0 Å². The molecule has 88 valence electrons. The number of carbonyl (C=O) groups is 1. The van der Waals surface area contributed by atoms with E-state index < -0.39 is 5.97 Å². The van der Waals surface area contributed by atoms with Gasteiger partial charge in [0.1, 0.15) is 0 Å². The fraction of sp³-hybridized carbons (Fsp3) is 0.500. The SMILES string of the molecule is C[C@@H](CC(=O)O)OCCCc1ccncc1. The predicted octanol–water partition coefficient (Wildman–Crippen LogP) is 1.89. The van der Waals surface area contributed by atoms with Crippen molar-refractivity contribution in [3.05, 3.63) is 30.1 Å². The summed E-state index contributed by atoms with van der Waals surface area (Å²) in [5.41, 5.74) is 1.23. The second kappa shape index (κ2) is 6.95. The van der Waals surface area contributed by atoms with Crippen LogP contribution in [0.15, 0.2) is 24.5 Å². The quantitative estimate of drug-likeness (QED) is 0.717. The van der Waals surface area contributed by atoms with Gasteiger partial charge in [-0.05, 0) is 37.5 Å². The number of aromatic nitrogens is 1. The van der Waals surface area contributed by atoms with E-state index in [0.717, 1.165) is 12.8 Å². The van der Waals surface area contributed by atoms with Crippen LogP contribution in [0.5, 0.6) is 0 Å². The molecule has 0 bridgehead atoms. The molecule has 1 aromatic heterocycles. The van der Waals surface area contributed by atoms with Crippen molar-refractivity contribution in [3.8, 4) is 0 Å². The summed E-state index contributed by atoms with van der Waals surface area (Å²) in [6, 6.07) is 3.95. The van der Waals surface area contributed by atoms with Crippen molar-refractivity contribution < 1.29 is 14.6 Å². The summed E-state index contributed by atoms with van der Waals surface area (Å²) in [5, 5.41) is 8.53. The van der Waals surface area contributed by atoms with Crippen molar-refractivity contribution in [1.29, 1.82) is 0 Å². The highest BCUT2D eigenvalue weighted by Crippen LogP contribution is 2.03. The molecule has 0 spiro atoms. The van der Waals surface area contributed by atoms with Gasteiger partial charge in [0.15, 0.2) is 0 Å². The van der Waals surface area contributed by atoms with E-state index >= 15 is 0 Å². The maximum atomic E-state index is 10.4. The van der Waals surface area contributed by atoms with Crippen molar-refractivity contribution in [2.75, 3.05) is 6.61 Å². The number of hydrogen-bond acceptors (Lipinski definition) is 3. The molecule has 0 aliphatic rings. The minimum absolute atomic E-state index is 0.0647. The van der Waals surface area contributed by atoms with Crippen molar-refractivity contribution >= 4 is 5.97 Å². The number of rotatable bonds is 7. The summed E-state index contributed by atoms with van der Waals surface area (Å²) in [6.07, 6.45) is 5.22. The van der Waals surface area contributed by atoms with Gasteiger partial charge >= 0.3 is 5.97 Å². The molecule has 1 heterocycles. The molecule has 0 fully saturated rings. The normalized spacial score (nSPS) is 12.3. The van der Waals surface area contributed by atoms with Gasteiger partial charge in [-0.25, -0.2) is 0 Å². The number of aliphatic carboxylic acids is 1. The van der Waals surface area contributed by atoms with Gasteiger partial charge in [0.05, 0.1) is 12.5 Å². The summed E-state index contributed by atoms with van der Waals surface area (Å²) >= 11 is 0. The molecule has 1 N–H and O–H groups in total. The minimum atomic E-state index is -0.818. The number of aryl methyl sites for hydroxylation is 1. The molecule has 0 saturated carbocycles. The second-order valence-corrected chi connectivity index (χ2v) is 3.74. The molecule has 16 heavy (non-hydrogen) atoms. The van der Waals surface area contributed by atoms with Gasteiger partial charge in [-0.1, -0.05) is 0 Å². The van der Waals surface area contributed by atoms with E-state index in [4.69, 9.17) is 9.84 Å². The van der Waals surface area contributed by atoms with Crippen LogP contribution in [-0.4, -0.2) is 28.8 Å². The van der Waals surface area contributed by atoms with Crippen LogP contribution in [0.2, 0.25) is 0 Å². The topological polar surface area (TPSA) is 59.4 Å². The Hall–Kier alpha value is -1.42. The fourth-order valence-corrected chi connectivity index (χ4v) is 1.42. The van der Waals surface area contributed by atoms with E-state index in [1.807, 2.05) is 12.1 Å². The molecule has 1 aromatic rings. The molecule has 1 rings (SSSR count). The van der Waals surface area contributed by atoms with Gasteiger partial charge in [0.2, 0.25) is 0 Å². The predicted molar refractivity (Wildman–Crippen MR) is 60.2 cm³/mol. The van der Waals surface area contributed by atoms with E-state index in [1.165, 1.54) is 5.56 Å². The Morgan fingerprint density at radius 1 is 1.50 bits per heavy atom. The summed E-state index contributed by atoms with van der Waals surface area (Å²) in [5.74, 6) is -0.818. The van der Waals surface area contributed by atoms with Crippen molar-refractivity contribution in [3.63, 3.8) is 0 Å². The number of hydrogen-bond donors (Lipinski definition) is 1. The lowest BCUT2D eigenvalue weighted by atomic mass is 10.1. The van der Waals surface area contributed by atoms with E-state index in [1.54, 1.807) is 19.3 Å². The average molecular weight is 223 g/mol. The summed E-state index contributed by atoms with van der Waals surface area (Å²) in [6.45, 7) is 2.37. The lowest BCUT2D eigenvalue weighted by Gasteiger charge is -2.10. The van der Waals surface area contributed by atoms with Gasteiger partial charge in [-0.3, -0.25) is 9.78 Å². The van der Waals surface area contributed by atoms with Gasteiger partial charge < -0.3 is 9.84 Å². The molecular weight excluding hydrogens is 206 g/mol. The Morgan fingerprint density at radius 2 is 2.19 bits per heavy atom. The zero-order valence-electron chi connectivity index (χ0n) is 9.43. The van der Waals surface area contributed by atoms with Crippen molar-refractivity contribution in [1.82, 2.24) is 4.98 Å². The van der Waals surface area contributed by atoms with E-state index in [2.05, 4.69) is 4.98 Å². The first-order valence-electron chi connectivity index (χ1n) is 5.41. The zero-order valence-corrected chi connectivity index (χ0v) is 9.43. The highest BCUT2D eigenvalue weighted by atomic mass is 16.5. The second-order valence-electron chi connectivity index (χ2n) is 3.74. The summed E-state index contributed by atoms with van der Waals surface area (Å²) in [7, 11) is 0. The first-order valence-corrected chi connectivity index (χ1v) is 5.41. The van der Waals surface area contributed by atoms with Crippen LogP contribution in [0.4, 0.5) is 0 Å². The third-order valence-corrected chi connectivity index (χ3v) is 2.22. The van der Waals surface area contributed by atoms with Crippen LogP contribution in [0.1, 0.15) is 25.3 Å². The number of carboxylic acids is 1. The third-order valence-electron chi connectivity index (χ3n) is 2.22. The molecular formula is C12H17NO3. The molecule has 0 aliphatic heterocycles. The minimum Gasteiger partial charge on any atom is -0.481 e. The van der Waals surface area contributed by atoms with Gasteiger partial charge in [-0.2, -0.15) is 0 Å². The van der Waals surface area contributed by atoms with Crippen LogP contribution < -0.4 is 0 Å². The first-order chi connectivity index (χ1) is 7.68. The van der Waals surface area contributed by atoms with Crippen LogP contribution >= 0.6 is 0 Å². The van der Waals surface area contributed by atoms with Crippen LogP contribution in [0.3, 0.4) is 0 Å². The number of nitrogens with zero attached hydrogens (tertiary/aromatic N) is 1. The number of pyridine rings is 1. The lowest BCUT2D eigenvalue weighted by Crippen LogP contribution is -2.14. The molecule has 4 nitrogen and oxygen atoms in total. The molecule has 0 unspecified atom stereocenters. The lowest BCUT2D eigenvalue weighted by molar-refractivity contribution is -0.139. The van der Waals surface area contributed by atoms with E-state index in [9.17, 15) is 4.79 Å². The van der Waals surface area contributed by atoms with Crippen LogP contribution in [-0.2, 0) is 16.0 Å². The third kappa shape index (κ3) is 5.46. The largest absolute Gasteiger partial charge is 0.481 e. The zero-order chi connectivity index (χ0) is 11.8. The molecule has 4 heteroatoms. The highest BCUT2D eigenvalue weighted by Gasteiger charge is 2.06. The van der Waals surface area contributed by atoms with Crippen molar-refractivity contribution in [2.45, 2.75) is 32.3 Å². The Labute approximate surface area is 95.3 Å². The molecule has 0 aliphatic carbocycles. The molecule has 0 radical (unpaired) electrons. The number of carboxylic acid groups (broad SMARTS) is 1. The summed E-state index contributed by atoms with van der Waals surface area (Å²) < 4.78 is 5.38. The Morgan fingerprint density at radius 3 is 2.81 bits per heavy atom. The number of ether oxygens (including phenoxy) is 1. The monoisotopic (exact) mass is 223 g/mol. The smallest absolute Gasteiger partial charge is 0.305 e. The Balaban J connectivity index is 2.10. The maximum absolute atomic E-state index is 10.4. The maximum Gasteiger partial charge on any atom is 0.305 e.